The Morgan fingerprint density at radius 2 is 2.33 bits per heavy atom. The Bertz CT molecular complexity index is 751. The van der Waals surface area contributed by atoms with Gasteiger partial charge in [0.2, 0.25) is 0 Å². The molecule has 8 heteroatoms. The van der Waals surface area contributed by atoms with E-state index in [9.17, 15) is 4.79 Å². The third-order valence-corrected chi connectivity index (χ3v) is 6.80. The van der Waals surface area contributed by atoms with E-state index in [1.165, 1.54) is 0 Å². The standard InChI is InChI=1S/C16H19N3O3S2/c1-10-3-14(18-22-10)15(20)19-8-16(9-19)4-13(7-24-16)21-5-12-6-23-11(2)17-12/h3,6,13H,4-5,7-9H2,1-2H3. The number of rotatable bonds is 4. The van der Waals surface area contributed by atoms with Crippen molar-refractivity contribution in [1.29, 1.82) is 0 Å². The van der Waals surface area contributed by atoms with Gasteiger partial charge in [0.05, 0.1) is 28.2 Å². The Labute approximate surface area is 148 Å². The number of amides is 1. The van der Waals surface area contributed by atoms with Gasteiger partial charge < -0.3 is 14.2 Å². The predicted octanol–water partition coefficient (Wildman–Crippen LogP) is 2.66. The lowest BCUT2D eigenvalue weighted by molar-refractivity contribution is 0.0242. The maximum absolute atomic E-state index is 12.3. The summed E-state index contributed by atoms with van der Waals surface area (Å²) in [6, 6.07) is 1.69. The number of hydrogen-bond donors (Lipinski definition) is 0. The highest BCUT2D eigenvalue weighted by molar-refractivity contribution is 8.01. The van der Waals surface area contributed by atoms with Gasteiger partial charge in [0.25, 0.3) is 5.91 Å². The molecule has 1 spiro atoms. The van der Waals surface area contributed by atoms with Gasteiger partial charge in [-0.25, -0.2) is 4.98 Å². The molecule has 2 saturated heterocycles. The number of thioether (sulfide) groups is 1. The van der Waals surface area contributed by atoms with Gasteiger partial charge in [-0.2, -0.15) is 0 Å². The molecule has 24 heavy (non-hydrogen) atoms. The van der Waals surface area contributed by atoms with Gasteiger partial charge in [-0.05, 0) is 20.3 Å². The van der Waals surface area contributed by atoms with Crippen molar-refractivity contribution in [2.45, 2.75) is 37.7 Å². The average molecular weight is 365 g/mol. The quantitative estimate of drug-likeness (QED) is 0.830. The van der Waals surface area contributed by atoms with Gasteiger partial charge in [-0.3, -0.25) is 4.79 Å². The molecule has 128 valence electrons. The maximum atomic E-state index is 12.3. The number of carbonyl (C=O) groups is 1. The third kappa shape index (κ3) is 3.10. The highest BCUT2D eigenvalue weighted by Crippen LogP contribution is 2.46. The number of nitrogens with zero attached hydrogens (tertiary/aromatic N) is 3. The Morgan fingerprint density at radius 3 is 3.00 bits per heavy atom. The summed E-state index contributed by atoms with van der Waals surface area (Å²) < 4.78 is 11.1. The minimum absolute atomic E-state index is 0.0413. The van der Waals surface area contributed by atoms with Crippen LogP contribution in [-0.4, -0.2) is 50.6 Å². The normalized spacial score (nSPS) is 22.1. The van der Waals surface area contributed by atoms with Gasteiger partial charge in [-0.1, -0.05) is 5.16 Å². The molecule has 1 atom stereocenters. The second kappa shape index (κ2) is 6.16. The summed E-state index contributed by atoms with van der Waals surface area (Å²) in [5, 5.41) is 6.93. The van der Waals surface area contributed by atoms with Crippen LogP contribution >= 0.6 is 23.1 Å². The van der Waals surface area contributed by atoms with Crippen LogP contribution in [0.4, 0.5) is 0 Å². The molecule has 1 amide bonds. The number of thiazole rings is 1. The summed E-state index contributed by atoms with van der Waals surface area (Å²) >= 11 is 3.57. The summed E-state index contributed by atoms with van der Waals surface area (Å²) in [5.74, 6) is 1.60. The molecule has 0 radical (unpaired) electrons. The fourth-order valence-electron chi connectivity index (χ4n) is 3.23. The number of aryl methyl sites for hydroxylation is 2. The van der Waals surface area contributed by atoms with Gasteiger partial charge in [-0.15, -0.1) is 23.1 Å². The van der Waals surface area contributed by atoms with E-state index in [-0.39, 0.29) is 16.8 Å². The minimum atomic E-state index is -0.0413. The molecule has 0 saturated carbocycles. The molecule has 0 aliphatic carbocycles. The van der Waals surface area contributed by atoms with Crippen LogP contribution in [0.3, 0.4) is 0 Å². The molecule has 0 N–H and O–H groups in total. The van der Waals surface area contributed by atoms with E-state index in [4.69, 9.17) is 9.26 Å². The number of carbonyl (C=O) groups excluding carboxylic acids is 1. The van der Waals surface area contributed by atoms with Gasteiger partial charge in [0.15, 0.2) is 5.69 Å². The first-order valence-corrected chi connectivity index (χ1v) is 9.79. The SMILES string of the molecule is Cc1cc(C(=O)N2CC3(CC(OCc4csc(C)n4)CS3)C2)no1. The van der Waals surface area contributed by atoms with Crippen molar-refractivity contribution in [2.24, 2.45) is 0 Å². The van der Waals surface area contributed by atoms with E-state index < -0.39 is 0 Å². The smallest absolute Gasteiger partial charge is 0.276 e. The van der Waals surface area contributed by atoms with Crippen LogP contribution in [-0.2, 0) is 11.3 Å². The van der Waals surface area contributed by atoms with Crippen molar-refractivity contribution in [3.8, 4) is 0 Å². The van der Waals surface area contributed by atoms with Gasteiger partial charge in [0.1, 0.15) is 5.76 Å². The number of likely N-dealkylation sites (tertiary alicyclic amines) is 1. The Kier molecular flexibility index (Phi) is 4.14. The van der Waals surface area contributed by atoms with Crippen LogP contribution in [0.1, 0.15) is 33.4 Å². The molecular weight excluding hydrogens is 346 g/mol. The molecule has 2 aliphatic heterocycles. The number of hydrogen-bond acceptors (Lipinski definition) is 7. The summed E-state index contributed by atoms with van der Waals surface area (Å²) in [5.41, 5.74) is 1.41. The van der Waals surface area contributed by atoms with Crippen molar-refractivity contribution >= 4 is 29.0 Å². The fourth-order valence-corrected chi connectivity index (χ4v) is 5.38. The van der Waals surface area contributed by atoms with E-state index in [1.54, 1.807) is 24.3 Å². The lowest BCUT2D eigenvalue weighted by Crippen LogP contribution is -2.60. The first-order valence-electron chi connectivity index (χ1n) is 7.92. The van der Waals surface area contributed by atoms with Crippen LogP contribution in [0.15, 0.2) is 16.0 Å². The second-order valence-corrected chi connectivity index (χ2v) is 9.02. The van der Waals surface area contributed by atoms with Crippen molar-refractivity contribution in [3.63, 3.8) is 0 Å². The molecule has 4 heterocycles. The zero-order valence-corrected chi connectivity index (χ0v) is 15.3. The van der Waals surface area contributed by atoms with E-state index >= 15 is 0 Å². The highest BCUT2D eigenvalue weighted by Gasteiger charge is 2.51. The van der Waals surface area contributed by atoms with Gasteiger partial charge >= 0.3 is 0 Å². The highest BCUT2D eigenvalue weighted by atomic mass is 32.2. The molecule has 0 bridgehead atoms. The number of ether oxygens (including phenoxy) is 1. The van der Waals surface area contributed by atoms with E-state index in [1.807, 2.05) is 23.6 Å². The zero-order chi connectivity index (χ0) is 16.7. The monoisotopic (exact) mass is 365 g/mol. The molecule has 6 nitrogen and oxygen atoms in total. The van der Waals surface area contributed by atoms with Gasteiger partial charge in [0, 0.05) is 30.3 Å². The molecule has 1 unspecified atom stereocenters. The molecule has 4 rings (SSSR count). The predicted molar refractivity (Wildman–Crippen MR) is 92.4 cm³/mol. The lowest BCUT2D eigenvalue weighted by atomic mass is 9.92. The topological polar surface area (TPSA) is 68.5 Å². The zero-order valence-electron chi connectivity index (χ0n) is 13.7. The molecule has 2 aromatic heterocycles. The summed E-state index contributed by atoms with van der Waals surface area (Å²) in [4.78, 5) is 18.6. The Hall–Kier alpha value is -1.38. The molecule has 0 aromatic carbocycles. The first-order chi connectivity index (χ1) is 11.5. The van der Waals surface area contributed by atoms with E-state index in [2.05, 4.69) is 15.5 Å². The number of aromatic nitrogens is 2. The van der Waals surface area contributed by atoms with Crippen LogP contribution in [0, 0.1) is 13.8 Å². The van der Waals surface area contributed by atoms with Crippen molar-refractivity contribution < 1.29 is 14.1 Å². The fraction of sp³-hybridized carbons (Fsp3) is 0.562. The van der Waals surface area contributed by atoms with Crippen molar-refractivity contribution in [2.75, 3.05) is 18.8 Å². The Morgan fingerprint density at radius 1 is 1.50 bits per heavy atom. The van der Waals surface area contributed by atoms with Crippen molar-refractivity contribution in [3.05, 3.63) is 33.6 Å². The molecule has 2 aromatic rings. The average Bonchev–Trinajstić information content (AvgIpc) is 3.22. The minimum Gasteiger partial charge on any atom is -0.371 e. The van der Waals surface area contributed by atoms with E-state index in [0.29, 0.717) is 18.1 Å². The van der Waals surface area contributed by atoms with Crippen LogP contribution in [0.5, 0.6) is 0 Å². The molecular formula is C16H19N3O3S2. The molecule has 2 aliphatic rings. The second-order valence-electron chi connectivity index (χ2n) is 6.47. The first kappa shape index (κ1) is 16.1. The third-order valence-electron chi connectivity index (χ3n) is 4.40. The van der Waals surface area contributed by atoms with Crippen LogP contribution in [0.2, 0.25) is 0 Å². The summed E-state index contributed by atoms with van der Waals surface area (Å²) in [6.45, 7) is 5.90. The summed E-state index contributed by atoms with van der Waals surface area (Å²) in [7, 11) is 0. The Balaban J connectivity index is 1.27. The largest absolute Gasteiger partial charge is 0.371 e. The molecule has 2 fully saturated rings. The van der Waals surface area contributed by atoms with Crippen LogP contribution in [0.25, 0.3) is 0 Å². The van der Waals surface area contributed by atoms with E-state index in [0.717, 1.165) is 36.0 Å². The van der Waals surface area contributed by atoms with Crippen molar-refractivity contribution in [1.82, 2.24) is 15.0 Å². The maximum Gasteiger partial charge on any atom is 0.276 e. The summed E-state index contributed by atoms with van der Waals surface area (Å²) in [6.07, 6.45) is 1.23. The lowest BCUT2D eigenvalue weighted by Gasteiger charge is -2.47. The van der Waals surface area contributed by atoms with Crippen LogP contribution < -0.4 is 0 Å².